The summed E-state index contributed by atoms with van der Waals surface area (Å²) in [7, 11) is 0. The van der Waals surface area contributed by atoms with E-state index in [1.54, 1.807) is 18.2 Å². The van der Waals surface area contributed by atoms with Crippen molar-refractivity contribution >= 4 is 28.5 Å². The fraction of sp³-hybridized carbons (Fsp3) is 0.250. The van der Waals surface area contributed by atoms with Gasteiger partial charge in [0.15, 0.2) is 5.78 Å². The van der Waals surface area contributed by atoms with E-state index in [-0.39, 0.29) is 22.8 Å². The van der Waals surface area contributed by atoms with Crippen molar-refractivity contribution in [3.8, 4) is 0 Å². The van der Waals surface area contributed by atoms with E-state index in [0.29, 0.717) is 17.7 Å². The van der Waals surface area contributed by atoms with Crippen molar-refractivity contribution in [3.05, 3.63) is 29.3 Å². The van der Waals surface area contributed by atoms with E-state index in [2.05, 4.69) is 4.79 Å². The van der Waals surface area contributed by atoms with E-state index in [1.165, 1.54) is 6.92 Å². The van der Waals surface area contributed by atoms with Crippen LogP contribution in [0.1, 0.15) is 13.3 Å². The molecule has 0 fully saturated rings. The molecule has 0 bridgehead atoms. The van der Waals surface area contributed by atoms with Crippen LogP contribution in [0.15, 0.2) is 23.8 Å². The topological polar surface area (TPSA) is 53.5 Å². The van der Waals surface area contributed by atoms with Crippen LogP contribution >= 0.6 is 17.0 Å². The van der Waals surface area contributed by atoms with Crippen LogP contribution in [0.25, 0.3) is 5.53 Å². The fourth-order valence-electron chi connectivity index (χ4n) is 0.899. The lowest BCUT2D eigenvalue weighted by Crippen LogP contribution is -2.07. The number of halogens is 1. The van der Waals surface area contributed by atoms with Crippen LogP contribution in [0.3, 0.4) is 0 Å². The zero-order valence-corrected chi connectivity index (χ0v) is 8.36. The summed E-state index contributed by atoms with van der Waals surface area (Å²) < 4.78 is 0. The minimum Gasteiger partial charge on any atom is -0.361 e. The molecule has 0 heterocycles. The van der Waals surface area contributed by atoms with Gasteiger partial charge in [0.1, 0.15) is 0 Å². The molecule has 4 heteroatoms. The Morgan fingerprint density at radius 2 is 2.33 bits per heavy atom. The molecule has 0 saturated carbocycles. The number of ketones is 1. The third kappa shape index (κ3) is 2.57. The van der Waals surface area contributed by atoms with Crippen LogP contribution in [-0.2, 0) is 4.79 Å². The molecule has 0 radical (unpaired) electrons. The van der Waals surface area contributed by atoms with E-state index in [0.717, 1.165) is 0 Å². The van der Waals surface area contributed by atoms with Gasteiger partial charge < -0.3 is 5.53 Å². The number of carbonyl (C=O) groups is 1. The predicted octanol–water partition coefficient (Wildman–Crippen LogP) is 1.71. The monoisotopic (exact) mass is 228 g/mol. The van der Waals surface area contributed by atoms with Gasteiger partial charge >= 0.3 is 0 Å². The minimum atomic E-state index is 0. The molecule has 3 nitrogen and oxygen atoms in total. The number of hydrogen-bond donors (Lipinski definition) is 0. The largest absolute Gasteiger partial charge is 0.361 e. The summed E-state index contributed by atoms with van der Waals surface area (Å²) in [6, 6.07) is 0. The first kappa shape index (κ1) is 11.0. The molecule has 12 heavy (non-hydrogen) atoms. The minimum absolute atomic E-state index is 0. The van der Waals surface area contributed by atoms with Gasteiger partial charge in [-0.15, -0.1) is 17.0 Å². The van der Waals surface area contributed by atoms with Crippen molar-refractivity contribution < 1.29 is 9.58 Å². The van der Waals surface area contributed by atoms with Crippen LogP contribution in [0.5, 0.6) is 0 Å². The summed E-state index contributed by atoms with van der Waals surface area (Å²) in [5.41, 5.74) is 9.60. The summed E-state index contributed by atoms with van der Waals surface area (Å²) >= 11 is 0. The lowest BCUT2D eigenvalue weighted by atomic mass is 10.0. The third-order valence-corrected chi connectivity index (χ3v) is 1.54. The Morgan fingerprint density at radius 3 is 2.83 bits per heavy atom. The first-order valence-corrected chi connectivity index (χ1v) is 3.33. The maximum Gasteiger partial charge on any atom is 0.296 e. The number of carbonyl (C=O) groups excluding carboxylic acids is 1. The summed E-state index contributed by atoms with van der Waals surface area (Å²) in [5.74, 6) is 0.0236. The van der Waals surface area contributed by atoms with E-state index in [1.807, 2.05) is 0 Å². The van der Waals surface area contributed by atoms with Crippen LogP contribution < -0.4 is 0 Å². The molecule has 1 rings (SSSR count). The molecule has 0 saturated heterocycles. The molecule has 1 aliphatic rings. The lowest BCUT2D eigenvalue weighted by molar-refractivity contribution is -0.113. The molecule has 0 unspecified atom stereocenters. The zero-order chi connectivity index (χ0) is 8.27. The Morgan fingerprint density at radius 1 is 1.67 bits per heavy atom. The van der Waals surface area contributed by atoms with Crippen molar-refractivity contribution in [1.29, 1.82) is 0 Å². The van der Waals surface area contributed by atoms with E-state index in [9.17, 15) is 4.79 Å². The second-order valence-corrected chi connectivity index (χ2v) is 2.38. The Labute approximate surface area is 81.2 Å². The summed E-state index contributed by atoms with van der Waals surface area (Å²) in [4.78, 5) is 13.8. The maximum absolute atomic E-state index is 10.8. The normalized spacial score (nSPS) is 14.4. The number of Topliss-reactive ketones (excluding diaryl/α,β-unsaturated/α-hetero) is 1. The Kier molecular flexibility index (Phi) is 4.40. The lowest BCUT2D eigenvalue weighted by Gasteiger charge is -1.99. The Hall–Kier alpha value is -0.990. The highest BCUT2D eigenvalue weighted by Gasteiger charge is 2.13. The van der Waals surface area contributed by atoms with Gasteiger partial charge in [0, 0.05) is 11.6 Å². The quantitative estimate of drug-likeness (QED) is 0.498. The molecule has 0 amide bonds. The van der Waals surface area contributed by atoms with Crippen LogP contribution in [0.2, 0.25) is 0 Å². The fourth-order valence-corrected chi connectivity index (χ4v) is 0.899. The number of nitrogens with zero attached hydrogens (tertiary/aromatic N) is 2. The number of hydrogen-bond acceptors (Lipinski definition) is 1. The van der Waals surface area contributed by atoms with E-state index < -0.39 is 0 Å². The molecule has 0 aromatic carbocycles. The van der Waals surface area contributed by atoms with Gasteiger partial charge in [-0.25, -0.2) is 0 Å². The average Bonchev–Trinajstić information content (AvgIpc) is 2.05. The van der Waals surface area contributed by atoms with Gasteiger partial charge in [0.2, 0.25) is 0 Å². The number of rotatable bonds is 1. The first-order chi connectivity index (χ1) is 5.24. The van der Waals surface area contributed by atoms with Gasteiger partial charge in [-0.2, -0.15) is 4.79 Å². The molecule has 0 spiro atoms. The van der Waals surface area contributed by atoms with Crippen molar-refractivity contribution in [3.63, 3.8) is 0 Å². The van der Waals surface area contributed by atoms with Gasteiger partial charge in [0.05, 0.1) is 6.42 Å². The predicted molar refractivity (Wildman–Crippen MR) is 51.5 cm³/mol. The molecule has 0 aromatic rings. The molecule has 64 valence electrons. The highest BCUT2D eigenvalue weighted by molar-refractivity contribution is 8.93. The Bertz CT molecular complexity index is 298. The van der Waals surface area contributed by atoms with Gasteiger partial charge in [-0.05, 0) is 6.92 Å². The van der Waals surface area contributed by atoms with Gasteiger partial charge in [0.25, 0.3) is 5.71 Å². The third-order valence-electron chi connectivity index (χ3n) is 1.54. The number of allylic oxidation sites excluding steroid dienone is 4. The molecule has 0 aromatic heterocycles. The Balaban J connectivity index is 0.00000121. The molecule has 1 aliphatic carbocycles. The molecule has 0 N–H and O–H groups in total. The van der Waals surface area contributed by atoms with Gasteiger partial charge in [-0.3, -0.25) is 4.79 Å². The highest BCUT2D eigenvalue weighted by atomic mass is 79.9. The molecular weight excluding hydrogens is 220 g/mol. The standard InChI is InChI=1S/C8H8N2O.BrH/c1-6(11)7-3-2-4-8(5-7)10-9;/h2-4H,5H2,1H3;1H. The van der Waals surface area contributed by atoms with Crippen LogP contribution in [-0.4, -0.2) is 16.3 Å². The highest BCUT2D eigenvalue weighted by Crippen LogP contribution is 2.09. The average molecular weight is 229 g/mol. The maximum atomic E-state index is 10.8. The first-order valence-electron chi connectivity index (χ1n) is 3.33. The van der Waals surface area contributed by atoms with Crippen LogP contribution in [0, 0.1) is 0 Å². The summed E-state index contributed by atoms with van der Waals surface area (Å²) in [6.45, 7) is 1.50. The SMILES string of the molecule is Br.CC(=O)C1=CC=CC(=[N+]=[N-])C1. The van der Waals surface area contributed by atoms with Gasteiger partial charge in [-0.1, -0.05) is 12.2 Å². The molecule has 0 aliphatic heterocycles. The van der Waals surface area contributed by atoms with Crippen molar-refractivity contribution in [2.45, 2.75) is 13.3 Å². The molecular formula is C8H9BrN2O. The second kappa shape index (κ2) is 4.80. The smallest absolute Gasteiger partial charge is 0.296 e. The summed E-state index contributed by atoms with van der Waals surface area (Å²) in [5, 5.41) is 0. The zero-order valence-electron chi connectivity index (χ0n) is 6.65. The van der Waals surface area contributed by atoms with Crippen LogP contribution in [0.4, 0.5) is 0 Å². The van der Waals surface area contributed by atoms with E-state index >= 15 is 0 Å². The van der Waals surface area contributed by atoms with Crippen molar-refractivity contribution in [1.82, 2.24) is 0 Å². The van der Waals surface area contributed by atoms with E-state index in [4.69, 9.17) is 5.53 Å². The summed E-state index contributed by atoms with van der Waals surface area (Å²) in [6.07, 6.45) is 5.54. The second-order valence-electron chi connectivity index (χ2n) is 2.38. The molecule has 0 atom stereocenters. The van der Waals surface area contributed by atoms with Crippen molar-refractivity contribution in [2.75, 3.05) is 0 Å². The van der Waals surface area contributed by atoms with Crippen molar-refractivity contribution in [2.24, 2.45) is 0 Å².